The van der Waals surface area contributed by atoms with E-state index in [0.29, 0.717) is 12.3 Å². The average molecular weight is 402 g/mol. The molecule has 160 valence electrons. The SMILES string of the molecule is CC1=CC2/C=C(\C)CCCC(=O)C(O)CC(=O)C23C(=O)NC(CC(C)C)C3C1C. The fraction of sp³-hybridized carbons (Fsp3) is 0.708. The first-order chi connectivity index (χ1) is 13.6. The zero-order chi connectivity index (χ0) is 21.5. The van der Waals surface area contributed by atoms with E-state index in [9.17, 15) is 19.5 Å². The number of rotatable bonds is 2. The Kier molecular flexibility index (Phi) is 6.19. The Morgan fingerprint density at radius 1 is 1.17 bits per heavy atom. The maximum atomic E-state index is 13.7. The molecule has 2 N–H and O–H groups in total. The van der Waals surface area contributed by atoms with Gasteiger partial charge in [0.25, 0.3) is 0 Å². The van der Waals surface area contributed by atoms with Crippen LogP contribution in [0.5, 0.6) is 0 Å². The second-order valence-electron chi connectivity index (χ2n) is 9.81. The van der Waals surface area contributed by atoms with Gasteiger partial charge in [0.1, 0.15) is 11.5 Å². The van der Waals surface area contributed by atoms with Gasteiger partial charge in [-0.15, -0.1) is 0 Å². The number of hydrogen-bond donors (Lipinski definition) is 2. The molecule has 1 saturated heterocycles. The van der Waals surface area contributed by atoms with Crippen LogP contribution in [0.25, 0.3) is 0 Å². The minimum atomic E-state index is -1.32. The van der Waals surface area contributed by atoms with Crippen LogP contribution in [0.2, 0.25) is 0 Å². The second-order valence-corrected chi connectivity index (χ2v) is 9.81. The maximum absolute atomic E-state index is 13.7. The predicted octanol–water partition coefficient (Wildman–Crippen LogP) is 3.37. The van der Waals surface area contributed by atoms with Gasteiger partial charge in [0.2, 0.25) is 5.91 Å². The summed E-state index contributed by atoms with van der Waals surface area (Å²) in [5.41, 5.74) is 1.04. The molecule has 1 aliphatic heterocycles. The van der Waals surface area contributed by atoms with Crippen molar-refractivity contribution < 1.29 is 19.5 Å². The van der Waals surface area contributed by atoms with E-state index in [2.05, 4.69) is 45.2 Å². The van der Waals surface area contributed by atoms with Gasteiger partial charge in [-0.05, 0) is 44.9 Å². The predicted molar refractivity (Wildman–Crippen MR) is 112 cm³/mol. The standard InChI is InChI=1S/C24H35NO4/c1-13(2)9-18-22-16(5)15(4)11-17-10-14(3)7-6-8-19(26)20(27)12-21(28)24(17,22)23(29)25-18/h10-11,13,16-18,20,22,27H,6-9,12H2,1-5H3,(H,25,29)/b14-10+. The summed E-state index contributed by atoms with van der Waals surface area (Å²) in [6.07, 6.45) is 4.98. The van der Waals surface area contributed by atoms with Gasteiger partial charge in [0, 0.05) is 30.7 Å². The molecule has 3 rings (SSSR count). The van der Waals surface area contributed by atoms with E-state index >= 15 is 0 Å². The van der Waals surface area contributed by atoms with Crippen LogP contribution in [-0.4, -0.2) is 34.7 Å². The highest BCUT2D eigenvalue weighted by Gasteiger charge is 2.65. The number of aliphatic hydroxyl groups is 1. The Morgan fingerprint density at radius 3 is 2.52 bits per heavy atom. The quantitative estimate of drug-likeness (QED) is 0.549. The zero-order valence-corrected chi connectivity index (χ0v) is 18.3. The number of carbonyl (C=O) groups is 3. The molecule has 0 saturated carbocycles. The Balaban J connectivity index is 2.19. The molecular formula is C24H35NO4. The summed E-state index contributed by atoms with van der Waals surface area (Å²) >= 11 is 0. The van der Waals surface area contributed by atoms with Crippen LogP contribution in [0, 0.1) is 29.1 Å². The van der Waals surface area contributed by atoms with Crippen molar-refractivity contribution in [3.8, 4) is 0 Å². The molecule has 2 aliphatic carbocycles. The number of amides is 1. The van der Waals surface area contributed by atoms with Crippen molar-refractivity contribution in [2.75, 3.05) is 0 Å². The van der Waals surface area contributed by atoms with Crippen molar-refractivity contribution in [2.45, 2.75) is 78.9 Å². The third kappa shape index (κ3) is 3.74. The molecule has 5 heteroatoms. The molecule has 1 heterocycles. The van der Waals surface area contributed by atoms with Gasteiger partial charge in [-0.3, -0.25) is 14.4 Å². The molecule has 5 nitrogen and oxygen atoms in total. The van der Waals surface area contributed by atoms with E-state index in [4.69, 9.17) is 0 Å². The third-order valence-corrected chi connectivity index (χ3v) is 7.27. The highest BCUT2D eigenvalue weighted by atomic mass is 16.3. The number of hydrogen-bond acceptors (Lipinski definition) is 4. The average Bonchev–Trinajstić information content (AvgIpc) is 2.90. The summed E-state index contributed by atoms with van der Waals surface area (Å²) in [4.78, 5) is 39.5. The molecule has 6 atom stereocenters. The van der Waals surface area contributed by atoms with Crippen LogP contribution in [-0.2, 0) is 14.4 Å². The summed E-state index contributed by atoms with van der Waals surface area (Å²) in [5, 5.41) is 13.6. The first-order valence-corrected chi connectivity index (χ1v) is 11.0. The fourth-order valence-corrected chi connectivity index (χ4v) is 5.76. The van der Waals surface area contributed by atoms with Crippen LogP contribution in [0.1, 0.15) is 66.7 Å². The zero-order valence-electron chi connectivity index (χ0n) is 18.3. The summed E-state index contributed by atoms with van der Waals surface area (Å²) in [6, 6.07) is -0.0840. The smallest absolute Gasteiger partial charge is 0.235 e. The van der Waals surface area contributed by atoms with Crippen LogP contribution in [0.3, 0.4) is 0 Å². The topological polar surface area (TPSA) is 83.5 Å². The van der Waals surface area contributed by atoms with E-state index < -0.39 is 11.5 Å². The third-order valence-electron chi connectivity index (χ3n) is 7.27. The molecule has 6 unspecified atom stereocenters. The molecule has 29 heavy (non-hydrogen) atoms. The van der Waals surface area contributed by atoms with Crippen molar-refractivity contribution in [1.82, 2.24) is 5.32 Å². The Bertz CT molecular complexity index is 765. The monoisotopic (exact) mass is 401 g/mol. The van der Waals surface area contributed by atoms with Gasteiger partial charge in [-0.1, -0.05) is 44.1 Å². The highest BCUT2D eigenvalue weighted by molar-refractivity contribution is 6.10. The summed E-state index contributed by atoms with van der Waals surface area (Å²) < 4.78 is 0. The van der Waals surface area contributed by atoms with Crippen molar-refractivity contribution in [1.29, 1.82) is 0 Å². The molecule has 0 aromatic rings. The molecule has 1 amide bonds. The van der Waals surface area contributed by atoms with Gasteiger partial charge in [0.05, 0.1) is 0 Å². The molecule has 0 bridgehead atoms. The number of carbonyl (C=O) groups excluding carboxylic acids is 3. The molecular weight excluding hydrogens is 366 g/mol. The van der Waals surface area contributed by atoms with Crippen LogP contribution < -0.4 is 5.32 Å². The molecule has 0 aromatic carbocycles. The number of aliphatic hydroxyl groups excluding tert-OH is 1. The fourth-order valence-electron chi connectivity index (χ4n) is 5.76. The largest absolute Gasteiger partial charge is 0.385 e. The normalized spacial score (nSPS) is 40.4. The van der Waals surface area contributed by atoms with E-state index in [0.717, 1.165) is 18.4 Å². The minimum Gasteiger partial charge on any atom is -0.385 e. The van der Waals surface area contributed by atoms with Crippen LogP contribution >= 0.6 is 0 Å². The number of ketones is 2. The van der Waals surface area contributed by atoms with Crippen molar-refractivity contribution >= 4 is 17.5 Å². The lowest BCUT2D eigenvalue weighted by molar-refractivity contribution is -0.148. The number of Topliss-reactive ketones (excluding diaryl/α,β-unsaturated/α-hetero) is 2. The van der Waals surface area contributed by atoms with Gasteiger partial charge in [0.15, 0.2) is 11.6 Å². The van der Waals surface area contributed by atoms with Gasteiger partial charge >= 0.3 is 0 Å². The second kappa shape index (κ2) is 8.17. The van der Waals surface area contributed by atoms with Crippen molar-refractivity contribution in [2.24, 2.45) is 29.1 Å². The molecule has 0 aromatic heterocycles. The molecule has 0 radical (unpaired) electrons. The molecule has 1 spiro atoms. The number of nitrogens with one attached hydrogen (secondary N) is 1. The number of allylic oxidation sites excluding steroid dienone is 4. The lowest BCUT2D eigenvalue weighted by Crippen LogP contribution is -2.53. The molecule has 1 fully saturated rings. The molecule has 3 aliphatic rings. The van der Waals surface area contributed by atoms with Crippen molar-refractivity contribution in [3.63, 3.8) is 0 Å². The Labute approximate surface area is 174 Å². The summed E-state index contributed by atoms with van der Waals surface area (Å²) in [6.45, 7) is 10.4. The Morgan fingerprint density at radius 2 is 1.86 bits per heavy atom. The Hall–Kier alpha value is -1.75. The van der Waals surface area contributed by atoms with Crippen LogP contribution in [0.4, 0.5) is 0 Å². The lowest BCUT2D eigenvalue weighted by Gasteiger charge is -2.45. The van der Waals surface area contributed by atoms with Gasteiger partial charge < -0.3 is 10.4 Å². The van der Waals surface area contributed by atoms with E-state index in [1.54, 1.807) is 0 Å². The van der Waals surface area contributed by atoms with Crippen LogP contribution in [0.15, 0.2) is 23.3 Å². The summed E-state index contributed by atoms with van der Waals surface area (Å²) in [7, 11) is 0. The summed E-state index contributed by atoms with van der Waals surface area (Å²) in [5.74, 6) is -0.884. The first kappa shape index (κ1) is 21.9. The van der Waals surface area contributed by atoms with E-state index in [1.165, 1.54) is 5.57 Å². The lowest BCUT2D eigenvalue weighted by atomic mass is 9.54. The minimum absolute atomic E-state index is 0.0737. The van der Waals surface area contributed by atoms with E-state index in [1.807, 2.05) is 6.92 Å². The van der Waals surface area contributed by atoms with Gasteiger partial charge in [-0.2, -0.15) is 0 Å². The highest BCUT2D eigenvalue weighted by Crippen LogP contribution is 2.55. The van der Waals surface area contributed by atoms with E-state index in [-0.39, 0.29) is 54.1 Å². The van der Waals surface area contributed by atoms with Gasteiger partial charge in [-0.25, -0.2) is 0 Å². The first-order valence-electron chi connectivity index (χ1n) is 11.0. The maximum Gasteiger partial charge on any atom is 0.235 e. The van der Waals surface area contributed by atoms with Crippen molar-refractivity contribution in [3.05, 3.63) is 23.3 Å².